The molecule has 4 heteroatoms. The first-order chi connectivity index (χ1) is 8.44. The lowest BCUT2D eigenvalue weighted by Crippen LogP contribution is -2.44. The molecule has 1 rings (SSSR count). The Kier molecular flexibility index (Phi) is 5.93. The highest BCUT2D eigenvalue weighted by Crippen LogP contribution is 2.20. The molecule has 2 N–H and O–H groups in total. The van der Waals surface area contributed by atoms with Crippen LogP contribution < -0.4 is 5.32 Å². The van der Waals surface area contributed by atoms with Gasteiger partial charge in [0, 0.05) is 26.2 Å². The first-order valence-electron chi connectivity index (χ1n) is 7.08. The molecule has 0 aromatic heterocycles. The second-order valence-electron chi connectivity index (χ2n) is 6.33. The van der Waals surface area contributed by atoms with E-state index in [0.717, 1.165) is 44.7 Å². The van der Waals surface area contributed by atoms with Gasteiger partial charge in [0.2, 0.25) is 0 Å². The van der Waals surface area contributed by atoms with Crippen molar-refractivity contribution < 1.29 is 9.90 Å². The monoisotopic (exact) mass is 256 g/mol. The van der Waals surface area contributed by atoms with E-state index < -0.39 is 0 Å². The number of hydrogen-bond donors (Lipinski definition) is 2. The number of urea groups is 1. The largest absolute Gasteiger partial charge is 0.396 e. The summed E-state index contributed by atoms with van der Waals surface area (Å²) < 4.78 is 0. The Balaban J connectivity index is 2.14. The van der Waals surface area contributed by atoms with Gasteiger partial charge in [0.25, 0.3) is 0 Å². The maximum atomic E-state index is 11.9. The molecule has 0 atom stereocenters. The topological polar surface area (TPSA) is 52.6 Å². The van der Waals surface area contributed by atoms with Crippen molar-refractivity contribution in [3.63, 3.8) is 0 Å². The molecule has 1 aliphatic rings. The average molecular weight is 256 g/mol. The van der Waals surface area contributed by atoms with Crippen molar-refractivity contribution in [3.05, 3.63) is 0 Å². The number of aliphatic hydroxyl groups excluding tert-OH is 1. The number of rotatable bonds is 5. The Hall–Kier alpha value is -0.770. The predicted molar refractivity (Wildman–Crippen MR) is 73.5 cm³/mol. The number of piperidine rings is 1. The van der Waals surface area contributed by atoms with Gasteiger partial charge in [-0.2, -0.15) is 0 Å². The van der Waals surface area contributed by atoms with Crippen molar-refractivity contribution in [2.24, 2.45) is 11.3 Å². The summed E-state index contributed by atoms with van der Waals surface area (Å²) in [7, 11) is 0. The zero-order valence-corrected chi connectivity index (χ0v) is 12.0. The van der Waals surface area contributed by atoms with Gasteiger partial charge in [-0.1, -0.05) is 20.8 Å². The van der Waals surface area contributed by atoms with Crippen molar-refractivity contribution in [1.29, 1.82) is 0 Å². The van der Waals surface area contributed by atoms with Gasteiger partial charge in [-0.25, -0.2) is 4.79 Å². The van der Waals surface area contributed by atoms with Crippen LogP contribution in [0.5, 0.6) is 0 Å². The number of likely N-dealkylation sites (tertiary alicyclic amines) is 1. The van der Waals surface area contributed by atoms with E-state index in [1.165, 1.54) is 0 Å². The van der Waals surface area contributed by atoms with Gasteiger partial charge in [0.15, 0.2) is 0 Å². The van der Waals surface area contributed by atoms with Crippen LogP contribution in [0.1, 0.15) is 46.5 Å². The van der Waals surface area contributed by atoms with Crippen molar-refractivity contribution in [2.45, 2.75) is 46.5 Å². The molecule has 0 radical (unpaired) electrons. The molecule has 0 aliphatic carbocycles. The zero-order chi connectivity index (χ0) is 13.6. The molecule has 106 valence electrons. The van der Waals surface area contributed by atoms with Crippen LogP contribution in [-0.2, 0) is 0 Å². The minimum atomic E-state index is -0.0364. The third-order valence-corrected chi connectivity index (χ3v) is 3.81. The first kappa shape index (κ1) is 15.3. The molecule has 0 spiro atoms. The molecule has 1 fully saturated rings. The Bertz CT molecular complexity index is 259. The van der Waals surface area contributed by atoms with E-state index in [1.807, 2.05) is 18.7 Å². The molecule has 1 heterocycles. The molecular formula is C14H28N2O2. The predicted octanol–water partition coefficient (Wildman–Crippen LogP) is 2.23. The molecule has 1 saturated heterocycles. The summed E-state index contributed by atoms with van der Waals surface area (Å²) in [4.78, 5) is 13.8. The summed E-state index contributed by atoms with van der Waals surface area (Å²) in [5.41, 5.74) is -0.0364. The number of nitrogens with one attached hydrogen (secondary N) is 1. The van der Waals surface area contributed by atoms with E-state index in [2.05, 4.69) is 12.2 Å². The maximum absolute atomic E-state index is 11.9. The Morgan fingerprint density at radius 2 is 2.00 bits per heavy atom. The molecule has 0 aromatic carbocycles. The van der Waals surface area contributed by atoms with E-state index in [-0.39, 0.29) is 18.1 Å². The number of nitrogens with zero attached hydrogens (tertiary/aromatic N) is 1. The highest BCUT2D eigenvalue weighted by Gasteiger charge is 2.20. The Morgan fingerprint density at radius 1 is 1.39 bits per heavy atom. The third kappa shape index (κ3) is 5.25. The van der Waals surface area contributed by atoms with E-state index in [1.54, 1.807) is 0 Å². The Labute approximate surface area is 111 Å². The molecular weight excluding hydrogens is 228 g/mol. The summed E-state index contributed by atoms with van der Waals surface area (Å²) in [6.07, 6.45) is 4.08. The minimum Gasteiger partial charge on any atom is -0.396 e. The van der Waals surface area contributed by atoms with E-state index in [9.17, 15) is 4.79 Å². The van der Waals surface area contributed by atoms with Crippen molar-refractivity contribution in [1.82, 2.24) is 10.2 Å². The third-order valence-electron chi connectivity index (χ3n) is 3.81. The van der Waals surface area contributed by atoms with Gasteiger partial charge < -0.3 is 15.3 Å². The molecule has 2 amide bonds. The quantitative estimate of drug-likeness (QED) is 0.741. The van der Waals surface area contributed by atoms with Crippen LogP contribution in [0, 0.1) is 11.3 Å². The fraction of sp³-hybridized carbons (Fsp3) is 0.929. The lowest BCUT2D eigenvalue weighted by atomic mass is 9.89. The summed E-state index contributed by atoms with van der Waals surface area (Å²) in [5.74, 6) is 0.749. The van der Waals surface area contributed by atoms with Crippen molar-refractivity contribution in [2.75, 3.05) is 26.2 Å². The molecule has 0 saturated carbocycles. The van der Waals surface area contributed by atoms with Gasteiger partial charge >= 0.3 is 6.03 Å². The summed E-state index contributed by atoms with van der Waals surface area (Å²) in [6, 6.07) is 0.0729. The van der Waals surface area contributed by atoms with E-state index in [0.29, 0.717) is 6.54 Å². The fourth-order valence-electron chi connectivity index (χ4n) is 2.16. The van der Waals surface area contributed by atoms with Gasteiger partial charge in [-0.3, -0.25) is 0 Å². The van der Waals surface area contributed by atoms with Crippen LogP contribution in [0.4, 0.5) is 4.79 Å². The molecule has 0 bridgehead atoms. The number of hydrogen-bond acceptors (Lipinski definition) is 2. The lowest BCUT2D eigenvalue weighted by molar-refractivity contribution is 0.146. The highest BCUT2D eigenvalue weighted by molar-refractivity contribution is 5.74. The number of aliphatic hydroxyl groups is 1. The highest BCUT2D eigenvalue weighted by atomic mass is 16.3. The van der Waals surface area contributed by atoms with Crippen LogP contribution in [0.15, 0.2) is 0 Å². The zero-order valence-electron chi connectivity index (χ0n) is 12.0. The van der Waals surface area contributed by atoms with Crippen LogP contribution in [0.3, 0.4) is 0 Å². The number of carbonyl (C=O) groups excluding carboxylic acids is 1. The summed E-state index contributed by atoms with van der Waals surface area (Å²) in [5, 5.41) is 12.1. The lowest BCUT2D eigenvalue weighted by Gasteiger charge is -2.30. The number of amides is 2. The molecule has 18 heavy (non-hydrogen) atoms. The molecule has 0 unspecified atom stereocenters. The van der Waals surface area contributed by atoms with Crippen molar-refractivity contribution >= 4 is 6.03 Å². The second-order valence-corrected chi connectivity index (χ2v) is 6.33. The molecule has 4 nitrogen and oxygen atoms in total. The van der Waals surface area contributed by atoms with Gasteiger partial charge in [-0.15, -0.1) is 0 Å². The standard InChI is InChI=1S/C14H28N2O2/c1-12-5-9-16(10-6-12)13(18)15-8-4-7-14(2,3)11-17/h12,17H,4-11H2,1-3H3,(H,15,18). The SMILES string of the molecule is CC1CCN(C(=O)NCCCC(C)(C)CO)CC1. The van der Waals surface area contributed by atoms with Crippen LogP contribution in [0.25, 0.3) is 0 Å². The van der Waals surface area contributed by atoms with Crippen molar-refractivity contribution in [3.8, 4) is 0 Å². The van der Waals surface area contributed by atoms with Gasteiger partial charge in [0.05, 0.1) is 0 Å². The van der Waals surface area contributed by atoms with Gasteiger partial charge in [-0.05, 0) is 37.0 Å². The smallest absolute Gasteiger partial charge is 0.317 e. The normalized spacial score (nSPS) is 17.9. The van der Waals surface area contributed by atoms with Crippen LogP contribution in [-0.4, -0.2) is 42.3 Å². The van der Waals surface area contributed by atoms with E-state index in [4.69, 9.17) is 5.11 Å². The fourth-order valence-corrected chi connectivity index (χ4v) is 2.16. The summed E-state index contributed by atoms with van der Waals surface area (Å²) in [6.45, 7) is 9.00. The maximum Gasteiger partial charge on any atom is 0.317 e. The van der Waals surface area contributed by atoms with Crippen LogP contribution in [0.2, 0.25) is 0 Å². The Morgan fingerprint density at radius 3 is 2.56 bits per heavy atom. The second kappa shape index (κ2) is 6.98. The number of carbonyl (C=O) groups is 1. The minimum absolute atomic E-state index is 0.0364. The summed E-state index contributed by atoms with van der Waals surface area (Å²) >= 11 is 0. The molecule has 0 aromatic rings. The van der Waals surface area contributed by atoms with Gasteiger partial charge in [0.1, 0.15) is 0 Å². The average Bonchev–Trinajstić information content (AvgIpc) is 2.35. The van der Waals surface area contributed by atoms with Crippen LogP contribution >= 0.6 is 0 Å². The molecule has 1 aliphatic heterocycles. The van der Waals surface area contributed by atoms with E-state index >= 15 is 0 Å². The first-order valence-corrected chi connectivity index (χ1v) is 7.08.